The standard InChI is InChI=1S/C18H27N/c1-17(2,3)11-6-7-12-18(4,5)16-10-8-9-15(13-16)14-19/h8-10,13H,6-7,11-12H2,1-5H3. The van der Waals surface area contributed by atoms with Gasteiger partial charge < -0.3 is 0 Å². The summed E-state index contributed by atoms with van der Waals surface area (Å²) in [4.78, 5) is 0. The summed E-state index contributed by atoms with van der Waals surface area (Å²) in [6.45, 7) is 11.5. The van der Waals surface area contributed by atoms with E-state index in [-0.39, 0.29) is 5.41 Å². The lowest BCUT2D eigenvalue weighted by molar-refractivity contribution is 0.344. The molecule has 0 saturated heterocycles. The first-order valence-corrected chi connectivity index (χ1v) is 7.25. The number of hydrogen-bond donors (Lipinski definition) is 0. The second kappa shape index (κ2) is 6.24. The molecular weight excluding hydrogens is 230 g/mol. The summed E-state index contributed by atoms with van der Waals surface area (Å²) in [7, 11) is 0. The predicted octanol–water partition coefficient (Wildman–Crippen LogP) is 5.44. The highest BCUT2D eigenvalue weighted by Crippen LogP contribution is 2.31. The molecule has 0 fully saturated rings. The van der Waals surface area contributed by atoms with Gasteiger partial charge in [0, 0.05) is 0 Å². The summed E-state index contributed by atoms with van der Waals surface area (Å²) in [5.74, 6) is 0. The van der Waals surface area contributed by atoms with Crippen molar-refractivity contribution in [3.05, 3.63) is 35.4 Å². The molecule has 0 N–H and O–H groups in total. The van der Waals surface area contributed by atoms with Crippen molar-refractivity contribution < 1.29 is 0 Å². The summed E-state index contributed by atoms with van der Waals surface area (Å²) < 4.78 is 0. The minimum atomic E-state index is 0.157. The van der Waals surface area contributed by atoms with Crippen LogP contribution in [-0.2, 0) is 5.41 Å². The normalized spacial score (nSPS) is 12.2. The van der Waals surface area contributed by atoms with E-state index in [9.17, 15) is 0 Å². The molecule has 0 spiro atoms. The SMILES string of the molecule is CC(C)(C)CCCCC(C)(C)c1cccc(C#N)c1. The molecule has 0 radical (unpaired) electrons. The fourth-order valence-corrected chi connectivity index (χ4v) is 2.38. The average Bonchev–Trinajstić information content (AvgIpc) is 2.34. The highest BCUT2D eigenvalue weighted by molar-refractivity contribution is 5.36. The molecule has 0 unspecified atom stereocenters. The Hall–Kier alpha value is -1.29. The van der Waals surface area contributed by atoms with Crippen molar-refractivity contribution >= 4 is 0 Å². The first-order chi connectivity index (χ1) is 8.74. The van der Waals surface area contributed by atoms with Crippen molar-refractivity contribution in [3.8, 4) is 6.07 Å². The molecule has 1 aromatic rings. The molecule has 1 nitrogen and oxygen atoms in total. The topological polar surface area (TPSA) is 23.8 Å². The van der Waals surface area contributed by atoms with Gasteiger partial charge in [0.2, 0.25) is 0 Å². The molecular formula is C18H27N. The monoisotopic (exact) mass is 257 g/mol. The molecule has 0 bridgehead atoms. The Bertz CT molecular complexity index is 443. The van der Waals surface area contributed by atoms with E-state index >= 15 is 0 Å². The van der Waals surface area contributed by atoms with E-state index in [4.69, 9.17) is 5.26 Å². The lowest BCUT2D eigenvalue weighted by atomic mass is 9.78. The van der Waals surface area contributed by atoms with E-state index in [1.807, 2.05) is 18.2 Å². The van der Waals surface area contributed by atoms with Gasteiger partial charge in [0.05, 0.1) is 11.6 Å². The number of nitrogens with zero attached hydrogens (tertiary/aromatic N) is 1. The van der Waals surface area contributed by atoms with Gasteiger partial charge in [-0.25, -0.2) is 0 Å². The van der Waals surface area contributed by atoms with Gasteiger partial charge in [0.15, 0.2) is 0 Å². The Balaban J connectivity index is 2.58. The molecule has 0 saturated carbocycles. The highest BCUT2D eigenvalue weighted by Gasteiger charge is 2.20. The summed E-state index contributed by atoms with van der Waals surface area (Å²) in [5, 5.41) is 8.98. The summed E-state index contributed by atoms with van der Waals surface area (Å²) in [6.07, 6.45) is 4.99. The number of rotatable bonds is 5. The molecule has 1 heteroatoms. The zero-order valence-electron chi connectivity index (χ0n) is 13.1. The van der Waals surface area contributed by atoms with Crippen molar-refractivity contribution in [1.82, 2.24) is 0 Å². The van der Waals surface area contributed by atoms with Gasteiger partial charge in [-0.1, -0.05) is 59.6 Å². The van der Waals surface area contributed by atoms with E-state index in [2.05, 4.69) is 46.8 Å². The van der Waals surface area contributed by atoms with Crippen LogP contribution in [0.25, 0.3) is 0 Å². The molecule has 0 heterocycles. The van der Waals surface area contributed by atoms with E-state index in [1.54, 1.807) is 0 Å². The Morgan fingerprint density at radius 3 is 2.21 bits per heavy atom. The number of unbranched alkanes of at least 4 members (excludes halogenated alkanes) is 1. The third-order valence-corrected chi connectivity index (χ3v) is 3.75. The van der Waals surface area contributed by atoms with E-state index in [0.717, 1.165) is 5.56 Å². The molecule has 0 atom stereocenters. The Labute approximate surface area is 118 Å². The molecule has 1 aromatic carbocycles. The van der Waals surface area contributed by atoms with E-state index < -0.39 is 0 Å². The van der Waals surface area contributed by atoms with Gasteiger partial charge in [-0.3, -0.25) is 0 Å². The van der Waals surface area contributed by atoms with E-state index in [1.165, 1.54) is 31.2 Å². The Morgan fingerprint density at radius 1 is 1.00 bits per heavy atom. The molecule has 104 valence electrons. The third-order valence-electron chi connectivity index (χ3n) is 3.75. The Kier molecular flexibility index (Phi) is 5.18. The van der Waals surface area contributed by atoms with Gasteiger partial charge >= 0.3 is 0 Å². The van der Waals surface area contributed by atoms with E-state index in [0.29, 0.717) is 5.41 Å². The maximum atomic E-state index is 8.98. The van der Waals surface area contributed by atoms with Crippen molar-refractivity contribution in [3.63, 3.8) is 0 Å². The maximum absolute atomic E-state index is 8.98. The second-order valence-corrected chi connectivity index (χ2v) is 7.34. The minimum absolute atomic E-state index is 0.157. The van der Waals surface area contributed by atoms with Crippen LogP contribution in [0.5, 0.6) is 0 Å². The van der Waals surface area contributed by atoms with Crippen LogP contribution in [0.15, 0.2) is 24.3 Å². The average molecular weight is 257 g/mol. The lowest BCUT2D eigenvalue weighted by Crippen LogP contribution is -2.17. The Morgan fingerprint density at radius 2 is 1.63 bits per heavy atom. The number of benzene rings is 1. The van der Waals surface area contributed by atoms with Crippen LogP contribution >= 0.6 is 0 Å². The van der Waals surface area contributed by atoms with Gasteiger partial charge in [0.1, 0.15) is 0 Å². The zero-order valence-corrected chi connectivity index (χ0v) is 13.1. The molecule has 1 rings (SSSR count). The highest BCUT2D eigenvalue weighted by atomic mass is 14.3. The summed E-state index contributed by atoms with van der Waals surface area (Å²) >= 11 is 0. The van der Waals surface area contributed by atoms with Crippen LogP contribution in [0, 0.1) is 16.7 Å². The maximum Gasteiger partial charge on any atom is 0.0991 e. The van der Waals surface area contributed by atoms with Crippen LogP contribution in [0.4, 0.5) is 0 Å². The largest absolute Gasteiger partial charge is 0.192 e. The second-order valence-electron chi connectivity index (χ2n) is 7.34. The predicted molar refractivity (Wildman–Crippen MR) is 82.1 cm³/mol. The quantitative estimate of drug-likeness (QED) is 0.644. The molecule has 0 aromatic heterocycles. The van der Waals surface area contributed by atoms with Crippen LogP contribution in [0.2, 0.25) is 0 Å². The van der Waals surface area contributed by atoms with Crippen LogP contribution in [-0.4, -0.2) is 0 Å². The van der Waals surface area contributed by atoms with Crippen LogP contribution in [0.1, 0.15) is 71.4 Å². The first-order valence-electron chi connectivity index (χ1n) is 7.25. The molecule has 19 heavy (non-hydrogen) atoms. The smallest absolute Gasteiger partial charge is 0.0991 e. The number of hydrogen-bond acceptors (Lipinski definition) is 1. The van der Waals surface area contributed by atoms with Gasteiger partial charge in [0.25, 0.3) is 0 Å². The molecule has 0 aliphatic heterocycles. The van der Waals surface area contributed by atoms with Gasteiger partial charge in [-0.15, -0.1) is 0 Å². The fraction of sp³-hybridized carbons (Fsp3) is 0.611. The summed E-state index contributed by atoms with van der Waals surface area (Å²) in [6, 6.07) is 10.3. The molecule has 0 aliphatic rings. The first kappa shape index (κ1) is 15.8. The lowest BCUT2D eigenvalue weighted by Gasteiger charge is -2.26. The molecule has 0 aliphatic carbocycles. The number of nitriles is 1. The van der Waals surface area contributed by atoms with Gasteiger partial charge in [-0.2, -0.15) is 5.26 Å². The van der Waals surface area contributed by atoms with Crippen molar-refractivity contribution in [1.29, 1.82) is 5.26 Å². The van der Waals surface area contributed by atoms with Gasteiger partial charge in [-0.05, 0) is 41.4 Å². The zero-order chi connectivity index (χ0) is 14.5. The third kappa shape index (κ3) is 5.47. The summed E-state index contributed by atoms with van der Waals surface area (Å²) in [5.41, 5.74) is 2.64. The van der Waals surface area contributed by atoms with Crippen molar-refractivity contribution in [2.45, 2.75) is 65.7 Å². The van der Waals surface area contributed by atoms with Crippen molar-refractivity contribution in [2.24, 2.45) is 5.41 Å². The fourth-order valence-electron chi connectivity index (χ4n) is 2.38. The van der Waals surface area contributed by atoms with Crippen LogP contribution < -0.4 is 0 Å². The van der Waals surface area contributed by atoms with Crippen molar-refractivity contribution in [2.75, 3.05) is 0 Å². The molecule has 0 amide bonds. The van der Waals surface area contributed by atoms with Crippen LogP contribution in [0.3, 0.4) is 0 Å². The minimum Gasteiger partial charge on any atom is -0.192 e.